The number of rotatable bonds is 4. The van der Waals surface area contributed by atoms with Crippen LogP contribution in [0.1, 0.15) is 13.8 Å². The van der Waals surface area contributed by atoms with Crippen LogP contribution >= 0.6 is 0 Å². The zero-order valence-corrected chi connectivity index (χ0v) is 9.90. The SMILES string of the molecule is C=C(C[Si](C)(C)C)C(C)(C)C=O. The van der Waals surface area contributed by atoms with Crippen LogP contribution in [0.3, 0.4) is 0 Å². The molecule has 0 aromatic carbocycles. The van der Waals surface area contributed by atoms with Gasteiger partial charge >= 0.3 is 0 Å². The van der Waals surface area contributed by atoms with E-state index in [4.69, 9.17) is 0 Å². The van der Waals surface area contributed by atoms with Crippen LogP contribution in [0.2, 0.25) is 25.7 Å². The van der Waals surface area contributed by atoms with E-state index >= 15 is 0 Å². The molecule has 0 N–H and O–H groups in total. The van der Waals surface area contributed by atoms with Gasteiger partial charge in [-0.25, -0.2) is 0 Å². The quantitative estimate of drug-likeness (QED) is 0.373. The van der Waals surface area contributed by atoms with Crippen molar-refractivity contribution in [2.45, 2.75) is 39.5 Å². The van der Waals surface area contributed by atoms with Gasteiger partial charge in [-0.05, 0) is 19.9 Å². The van der Waals surface area contributed by atoms with E-state index in [2.05, 4.69) is 26.2 Å². The van der Waals surface area contributed by atoms with Gasteiger partial charge in [0.15, 0.2) is 0 Å². The lowest BCUT2D eigenvalue weighted by Crippen LogP contribution is -2.26. The largest absolute Gasteiger partial charge is 0.302 e. The lowest BCUT2D eigenvalue weighted by Gasteiger charge is -2.25. The lowest BCUT2D eigenvalue weighted by atomic mass is 9.88. The molecule has 0 aliphatic rings. The molecule has 0 saturated heterocycles. The number of hydrogen-bond donors (Lipinski definition) is 0. The summed E-state index contributed by atoms with van der Waals surface area (Å²) in [6.07, 6.45) is 0.996. The molecule has 0 atom stereocenters. The zero-order valence-electron chi connectivity index (χ0n) is 8.90. The number of allylic oxidation sites excluding steroid dienone is 1. The normalized spacial score (nSPS) is 12.8. The number of carbonyl (C=O) groups excluding carboxylic acids is 1. The predicted molar refractivity (Wildman–Crippen MR) is 57.1 cm³/mol. The molecule has 0 amide bonds. The smallest absolute Gasteiger partial charge is 0.129 e. The van der Waals surface area contributed by atoms with Gasteiger partial charge in [-0.1, -0.05) is 31.8 Å². The number of carbonyl (C=O) groups is 1. The zero-order chi connectivity index (χ0) is 9.99. The predicted octanol–water partition coefficient (Wildman–Crippen LogP) is 3.11. The Bertz CT molecular complexity index is 187. The molecular formula is C10H20OSi. The summed E-state index contributed by atoms with van der Waals surface area (Å²) in [6.45, 7) is 14.7. The fourth-order valence-electron chi connectivity index (χ4n) is 0.951. The summed E-state index contributed by atoms with van der Waals surface area (Å²) in [6, 6.07) is 1.04. The maximum atomic E-state index is 10.7. The summed E-state index contributed by atoms with van der Waals surface area (Å²) in [7, 11) is -1.10. The molecule has 0 radical (unpaired) electrons. The molecule has 1 nitrogen and oxygen atoms in total. The van der Waals surface area contributed by atoms with Gasteiger partial charge in [-0.15, -0.1) is 0 Å². The Morgan fingerprint density at radius 1 is 1.42 bits per heavy atom. The van der Waals surface area contributed by atoms with E-state index in [1.807, 2.05) is 13.8 Å². The van der Waals surface area contributed by atoms with Gasteiger partial charge in [-0.2, -0.15) is 0 Å². The highest BCUT2D eigenvalue weighted by Crippen LogP contribution is 2.29. The first-order valence-electron chi connectivity index (χ1n) is 4.34. The lowest BCUT2D eigenvalue weighted by molar-refractivity contribution is -0.113. The van der Waals surface area contributed by atoms with E-state index in [0.717, 1.165) is 17.9 Å². The van der Waals surface area contributed by atoms with Crippen LogP contribution in [-0.4, -0.2) is 14.4 Å². The molecular weight excluding hydrogens is 164 g/mol. The van der Waals surface area contributed by atoms with Crippen LogP contribution in [0, 0.1) is 5.41 Å². The highest BCUT2D eigenvalue weighted by molar-refractivity contribution is 6.76. The van der Waals surface area contributed by atoms with Gasteiger partial charge in [0.1, 0.15) is 6.29 Å². The Morgan fingerprint density at radius 3 is 2.08 bits per heavy atom. The minimum Gasteiger partial charge on any atom is -0.302 e. The Morgan fingerprint density at radius 2 is 1.83 bits per heavy atom. The number of hydrogen-bond acceptors (Lipinski definition) is 1. The van der Waals surface area contributed by atoms with Crippen LogP contribution in [0.5, 0.6) is 0 Å². The Hall–Kier alpha value is -0.373. The molecule has 0 aliphatic heterocycles. The van der Waals surface area contributed by atoms with E-state index in [1.165, 1.54) is 0 Å². The molecule has 0 fully saturated rings. The molecule has 0 saturated carbocycles. The van der Waals surface area contributed by atoms with Crippen molar-refractivity contribution in [3.8, 4) is 0 Å². The van der Waals surface area contributed by atoms with Gasteiger partial charge < -0.3 is 4.79 Å². The second kappa shape index (κ2) is 3.56. The Kier molecular flexibility index (Phi) is 3.45. The second-order valence-corrected chi connectivity index (χ2v) is 10.7. The maximum Gasteiger partial charge on any atom is 0.129 e. The minimum absolute atomic E-state index is 0.333. The first-order valence-corrected chi connectivity index (χ1v) is 8.04. The fraction of sp³-hybridized carbons (Fsp3) is 0.700. The topological polar surface area (TPSA) is 17.1 Å². The minimum atomic E-state index is -1.10. The van der Waals surface area contributed by atoms with Crippen molar-refractivity contribution in [2.75, 3.05) is 0 Å². The summed E-state index contributed by atoms with van der Waals surface area (Å²) in [4.78, 5) is 10.7. The third-order valence-corrected chi connectivity index (χ3v) is 3.44. The molecule has 0 spiro atoms. The molecule has 0 heterocycles. The second-order valence-electron chi connectivity index (χ2n) is 5.18. The third kappa shape index (κ3) is 3.86. The van der Waals surface area contributed by atoms with Gasteiger partial charge in [0, 0.05) is 13.5 Å². The van der Waals surface area contributed by atoms with Crippen molar-refractivity contribution < 1.29 is 4.79 Å². The maximum absolute atomic E-state index is 10.7. The highest BCUT2D eigenvalue weighted by Gasteiger charge is 2.25. The Labute approximate surface area is 76.9 Å². The monoisotopic (exact) mass is 184 g/mol. The van der Waals surface area contributed by atoms with Crippen molar-refractivity contribution in [1.82, 2.24) is 0 Å². The molecule has 0 aromatic rings. The standard InChI is InChI=1S/C10H20OSi/c1-9(7-12(4,5)6)10(2,3)8-11/h8H,1,7H2,2-6H3. The third-order valence-electron chi connectivity index (χ3n) is 1.95. The van der Waals surface area contributed by atoms with E-state index in [-0.39, 0.29) is 5.41 Å². The first-order chi connectivity index (χ1) is 5.19. The van der Waals surface area contributed by atoms with Gasteiger partial charge in [-0.3, -0.25) is 0 Å². The van der Waals surface area contributed by atoms with Gasteiger partial charge in [0.2, 0.25) is 0 Å². The summed E-state index contributed by atoms with van der Waals surface area (Å²) in [5.41, 5.74) is 0.747. The summed E-state index contributed by atoms with van der Waals surface area (Å²) >= 11 is 0. The highest BCUT2D eigenvalue weighted by atomic mass is 28.3. The van der Waals surface area contributed by atoms with Crippen molar-refractivity contribution in [1.29, 1.82) is 0 Å². The number of aldehydes is 1. The molecule has 0 aromatic heterocycles. The molecule has 12 heavy (non-hydrogen) atoms. The van der Waals surface area contributed by atoms with Gasteiger partial charge in [0.25, 0.3) is 0 Å². The van der Waals surface area contributed by atoms with Crippen molar-refractivity contribution in [3.63, 3.8) is 0 Å². The van der Waals surface area contributed by atoms with Crippen LogP contribution in [0.25, 0.3) is 0 Å². The average molecular weight is 184 g/mol. The van der Waals surface area contributed by atoms with E-state index in [0.29, 0.717) is 0 Å². The molecule has 0 unspecified atom stereocenters. The van der Waals surface area contributed by atoms with Crippen LogP contribution < -0.4 is 0 Å². The van der Waals surface area contributed by atoms with E-state index < -0.39 is 8.07 Å². The molecule has 2 heteroatoms. The molecule has 0 aliphatic carbocycles. The summed E-state index contributed by atoms with van der Waals surface area (Å²) in [5, 5.41) is 0. The summed E-state index contributed by atoms with van der Waals surface area (Å²) in [5.74, 6) is 0. The van der Waals surface area contributed by atoms with Gasteiger partial charge in [0.05, 0.1) is 0 Å². The van der Waals surface area contributed by atoms with Crippen molar-refractivity contribution in [2.24, 2.45) is 5.41 Å². The average Bonchev–Trinajstić information content (AvgIpc) is 1.84. The molecule has 0 rings (SSSR count). The van der Waals surface area contributed by atoms with Crippen LogP contribution in [-0.2, 0) is 4.79 Å². The van der Waals surface area contributed by atoms with Crippen LogP contribution in [0.4, 0.5) is 0 Å². The van der Waals surface area contributed by atoms with Crippen molar-refractivity contribution >= 4 is 14.4 Å². The Balaban J connectivity index is 4.33. The summed E-state index contributed by atoms with van der Waals surface area (Å²) < 4.78 is 0. The first kappa shape index (κ1) is 11.6. The van der Waals surface area contributed by atoms with E-state index in [1.54, 1.807) is 0 Å². The van der Waals surface area contributed by atoms with Crippen LogP contribution in [0.15, 0.2) is 12.2 Å². The molecule has 0 bridgehead atoms. The fourth-order valence-corrected chi connectivity index (χ4v) is 2.69. The van der Waals surface area contributed by atoms with E-state index in [9.17, 15) is 4.79 Å². The molecule has 70 valence electrons. The van der Waals surface area contributed by atoms with Crippen molar-refractivity contribution in [3.05, 3.63) is 12.2 Å².